The molecule has 9 heteroatoms. The molecule has 0 spiro atoms. The Morgan fingerprint density at radius 3 is 2.76 bits per heavy atom. The number of hydrogen-bond acceptors (Lipinski definition) is 6. The summed E-state index contributed by atoms with van der Waals surface area (Å²) >= 11 is 5.38. The van der Waals surface area contributed by atoms with Gasteiger partial charge in [0.1, 0.15) is 5.75 Å². The summed E-state index contributed by atoms with van der Waals surface area (Å²) in [6.45, 7) is 1.04. The highest BCUT2D eigenvalue weighted by Gasteiger charge is 2.16. The molecule has 1 aliphatic carbocycles. The van der Waals surface area contributed by atoms with Crippen molar-refractivity contribution in [2.24, 2.45) is 5.92 Å². The summed E-state index contributed by atoms with van der Waals surface area (Å²) in [5.41, 5.74) is 0.881. The minimum absolute atomic E-state index is 0.167. The van der Waals surface area contributed by atoms with Crippen molar-refractivity contribution in [3.63, 3.8) is 0 Å². The number of ether oxygens (including phenoxy) is 2. The lowest BCUT2D eigenvalue weighted by Gasteiger charge is -2.22. The minimum Gasteiger partial charge on any atom is -0.497 e. The molecule has 0 atom stereocenters. The number of benzene rings is 1. The number of amides is 1. The van der Waals surface area contributed by atoms with Crippen LogP contribution in [0.5, 0.6) is 11.5 Å². The van der Waals surface area contributed by atoms with Crippen molar-refractivity contribution < 1.29 is 14.3 Å². The first kappa shape index (κ1) is 23.0. The van der Waals surface area contributed by atoms with Crippen LogP contribution < -0.4 is 14.8 Å². The number of aromatic nitrogens is 4. The highest BCUT2D eigenvalue weighted by atomic mass is 32.1. The molecule has 0 radical (unpaired) electrons. The number of methoxy groups -OCH3 is 1. The van der Waals surface area contributed by atoms with Crippen LogP contribution in [0.1, 0.15) is 38.5 Å². The van der Waals surface area contributed by atoms with Gasteiger partial charge in [0, 0.05) is 24.7 Å². The number of H-pyrrole nitrogens is 1. The van der Waals surface area contributed by atoms with Crippen molar-refractivity contribution in [2.45, 2.75) is 45.1 Å². The topological polar surface area (TPSA) is 94.1 Å². The molecule has 2 aromatic heterocycles. The van der Waals surface area contributed by atoms with Crippen molar-refractivity contribution in [2.75, 3.05) is 19.0 Å². The van der Waals surface area contributed by atoms with Gasteiger partial charge in [-0.05, 0) is 67.4 Å². The van der Waals surface area contributed by atoms with Crippen molar-refractivity contribution in [3.8, 4) is 22.9 Å². The Bertz CT molecular complexity index is 1120. The van der Waals surface area contributed by atoms with Crippen molar-refractivity contribution in [1.29, 1.82) is 0 Å². The van der Waals surface area contributed by atoms with E-state index in [-0.39, 0.29) is 12.3 Å². The summed E-state index contributed by atoms with van der Waals surface area (Å²) in [4.78, 5) is 17.0. The number of anilines is 1. The molecule has 0 aliphatic heterocycles. The van der Waals surface area contributed by atoms with E-state index in [1.807, 2.05) is 41.0 Å². The summed E-state index contributed by atoms with van der Waals surface area (Å²) in [5.74, 6) is 2.89. The number of hydrogen-bond donors (Lipinski definition) is 2. The third-order valence-electron chi connectivity index (χ3n) is 5.90. The predicted octanol–water partition coefficient (Wildman–Crippen LogP) is 5.00. The molecule has 1 aromatic carbocycles. The Hall–Kier alpha value is -3.20. The fourth-order valence-electron chi connectivity index (χ4n) is 4.06. The van der Waals surface area contributed by atoms with Crippen LogP contribution in [0.25, 0.3) is 11.4 Å². The maximum atomic E-state index is 12.7. The van der Waals surface area contributed by atoms with Gasteiger partial charge < -0.3 is 14.8 Å². The van der Waals surface area contributed by atoms with Gasteiger partial charge in [0.25, 0.3) is 0 Å². The Kier molecular flexibility index (Phi) is 7.72. The van der Waals surface area contributed by atoms with Crippen LogP contribution in [0.15, 0.2) is 42.6 Å². The fraction of sp³-hybridized carbons (Fsp3) is 0.417. The van der Waals surface area contributed by atoms with E-state index in [1.54, 1.807) is 13.3 Å². The molecule has 0 bridgehead atoms. The molecule has 0 saturated heterocycles. The lowest BCUT2D eigenvalue weighted by molar-refractivity contribution is -0.116. The molecule has 1 amide bonds. The smallest absolute Gasteiger partial charge is 0.227 e. The third kappa shape index (κ3) is 5.98. The second kappa shape index (κ2) is 11.1. The molecule has 2 heterocycles. The van der Waals surface area contributed by atoms with Gasteiger partial charge in [-0.1, -0.05) is 19.3 Å². The molecule has 8 nitrogen and oxygen atoms in total. The summed E-state index contributed by atoms with van der Waals surface area (Å²) in [6, 6.07) is 11.2. The predicted molar refractivity (Wildman–Crippen MR) is 129 cm³/mol. The Balaban J connectivity index is 1.37. The molecule has 1 saturated carbocycles. The zero-order chi connectivity index (χ0) is 23.0. The average Bonchev–Trinajstić information content (AvgIpc) is 3.23. The van der Waals surface area contributed by atoms with Gasteiger partial charge in [-0.15, -0.1) is 0 Å². The molecule has 174 valence electrons. The van der Waals surface area contributed by atoms with E-state index in [0.717, 1.165) is 11.3 Å². The largest absolute Gasteiger partial charge is 0.497 e. The fourth-order valence-corrected chi connectivity index (χ4v) is 4.28. The van der Waals surface area contributed by atoms with Crippen LogP contribution in [0.2, 0.25) is 0 Å². The van der Waals surface area contributed by atoms with Crippen LogP contribution >= 0.6 is 12.2 Å². The van der Waals surface area contributed by atoms with Gasteiger partial charge in [-0.25, -0.2) is 4.98 Å². The number of rotatable bonds is 9. The van der Waals surface area contributed by atoms with E-state index < -0.39 is 0 Å². The van der Waals surface area contributed by atoms with E-state index in [9.17, 15) is 4.79 Å². The molecular formula is C24H29N5O3S. The second-order valence-corrected chi connectivity index (χ2v) is 8.58. The zero-order valence-corrected chi connectivity index (χ0v) is 19.6. The van der Waals surface area contributed by atoms with E-state index >= 15 is 0 Å². The van der Waals surface area contributed by atoms with E-state index in [2.05, 4.69) is 20.5 Å². The van der Waals surface area contributed by atoms with Crippen molar-refractivity contribution in [1.82, 2.24) is 19.7 Å². The van der Waals surface area contributed by atoms with Crippen LogP contribution in [-0.4, -0.2) is 39.4 Å². The maximum Gasteiger partial charge on any atom is 0.227 e. The molecule has 33 heavy (non-hydrogen) atoms. The first-order valence-electron chi connectivity index (χ1n) is 11.3. The maximum absolute atomic E-state index is 12.7. The normalized spacial score (nSPS) is 14.1. The molecule has 0 unspecified atom stereocenters. The number of nitrogens with zero attached hydrogens (tertiary/aromatic N) is 3. The quantitative estimate of drug-likeness (QED) is 0.430. The van der Waals surface area contributed by atoms with Crippen molar-refractivity contribution >= 4 is 23.9 Å². The van der Waals surface area contributed by atoms with Crippen LogP contribution in [0.4, 0.5) is 5.82 Å². The van der Waals surface area contributed by atoms with Crippen LogP contribution in [0, 0.1) is 10.7 Å². The number of aromatic amines is 1. The lowest BCUT2D eigenvalue weighted by atomic mass is 9.90. The molecular weight excluding hydrogens is 438 g/mol. The van der Waals surface area contributed by atoms with E-state index in [4.69, 9.17) is 21.7 Å². The minimum atomic E-state index is -0.167. The zero-order valence-electron chi connectivity index (χ0n) is 18.8. The number of carbonyl (C=O) groups excluding carboxylic acids is 1. The Labute approximate surface area is 198 Å². The molecule has 1 fully saturated rings. The van der Waals surface area contributed by atoms with Gasteiger partial charge in [-0.2, -0.15) is 5.10 Å². The van der Waals surface area contributed by atoms with Crippen LogP contribution in [-0.2, 0) is 11.3 Å². The third-order valence-corrected chi connectivity index (χ3v) is 6.21. The Morgan fingerprint density at radius 2 is 2.00 bits per heavy atom. The van der Waals surface area contributed by atoms with E-state index in [1.165, 1.54) is 32.1 Å². The summed E-state index contributed by atoms with van der Waals surface area (Å²) in [5, 5.41) is 10.0. The average molecular weight is 468 g/mol. The molecule has 1 aliphatic rings. The van der Waals surface area contributed by atoms with Gasteiger partial charge in [-0.3, -0.25) is 14.5 Å². The number of carbonyl (C=O) groups is 1. The summed E-state index contributed by atoms with van der Waals surface area (Å²) in [7, 11) is 1.62. The SMILES string of the molecule is COc1ccc(-c2n[nH]c(=S)n2CCC(=O)Nc2ncccc2OCC2CCCCC2)cc1. The molecule has 2 N–H and O–H groups in total. The summed E-state index contributed by atoms with van der Waals surface area (Å²) < 4.78 is 13.5. The van der Waals surface area contributed by atoms with E-state index in [0.29, 0.717) is 41.2 Å². The van der Waals surface area contributed by atoms with Gasteiger partial charge >= 0.3 is 0 Å². The monoisotopic (exact) mass is 467 g/mol. The van der Waals surface area contributed by atoms with Gasteiger partial charge in [0.15, 0.2) is 22.2 Å². The lowest BCUT2D eigenvalue weighted by Crippen LogP contribution is -2.18. The van der Waals surface area contributed by atoms with Crippen molar-refractivity contribution in [3.05, 3.63) is 47.4 Å². The summed E-state index contributed by atoms with van der Waals surface area (Å²) in [6.07, 6.45) is 8.10. The number of nitrogens with one attached hydrogen (secondary N) is 2. The highest BCUT2D eigenvalue weighted by Crippen LogP contribution is 2.27. The number of pyridine rings is 1. The second-order valence-electron chi connectivity index (χ2n) is 8.20. The molecule has 4 rings (SSSR count). The first-order chi connectivity index (χ1) is 16.1. The van der Waals surface area contributed by atoms with Gasteiger partial charge in [0.05, 0.1) is 13.7 Å². The highest BCUT2D eigenvalue weighted by molar-refractivity contribution is 7.71. The molecule has 3 aromatic rings. The first-order valence-corrected chi connectivity index (χ1v) is 11.7. The van der Waals surface area contributed by atoms with Crippen LogP contribution in [0.3, 0.4) is 0 Å². The standard InChI is InChI=1S/C24H29N5O3S/c1-31-19-11-9-18(10-12-19)23-27-28-24(33)29(23)15-13-21(30)26-22-20(8-5-14-25-22)32-16-17-6-3-2-4-7-17/h5,8-12,14,17H,2-4,6-7,13,15-16H2,1H3,(H,28,33)(H,25,26,30). The Morgan fingerprint density at radius 1 is 1.21 bits per heavy atom. The van der Waals surface area contributed by atoms with Gasteiger partial charge in [0.2, 0.25) is 5.91 Å².